The maximum atomic E-state index is 13.4. The van der Waals surface area contributed by atoms with E-state index in [1.165, 1.54) is 31.2 Å². The van der Waals surface area contributed by atoms with Gasteiger partial charge in [-0.3, -0.25) is 4.79 Å². The van der Waals surface area contributed by atoms with Gasteiger partial charge in [-0.2, -0.15) is 13.2 Å². The number of carbonyl (C=O) groups excluding carboxylic acids is 2. The third kappa shape index (κ3) is 3.17. The lowest BCUT2D eigenvalue weighted by atomic mass is 9.91. The highest BCUT2D eigenvalue weighted by molar-refractivity contribution is 6.01. The molecule has 0 saturated heterocycles. The SMILES string of the molecule is CC(=O)O/N=C(\C)C1(OC(C)=O)C=C(C(F)(F)F)c2ccccc21. The molecular formula is C16H14F3NO4. The van der Waals surface area contributed by atoms with Gasteiger partial charge in [0.05, 0.1) is 5.57 Å². The van der Waals surface area contributed by atoms with E-state index in [1.807, 2.05) is 0 Å². The Morgan fingerprint density at radius 3 is 2.25 bits per heavy atom. The molecule has 0 saturated carbocycles. The highest BCUT2D eigenvalue weighted by atomic mass is 19.4. The second kappa shape index (κ2) is 6.10. The van der Waals surface area contributed by atoms with Crippen LogP contribution in [-0.2, 0) is 24.8 Å². The van der Waals surface area contributed by atoms with E-state index in [2.05, 4.69) is 9.99 Å². The molecule has 0 N–H and O–H groups in total. The summed E-state index contributed by atoms with van der Waals surface area (Å²) in [5.41, 5.74) is -2.97. The van der Waals surface area contributed by atoms with E-state index < -0.39 is 29.3 Å². The van der Waals surface area contributed by atoms with Crippen molar-refractivity contribution >= 4 is 23.2 Å². The third-order valence-corrected chi connectivity index (χ3v) is 3.42. The third-order valence-electron chi connectivity index (χ3n) is 3.42. The normalized spacial score (nSPS) is 20.2. The molecule has 1 aromatic carbocycles. The fourth-order valence-corrected chi connectivity index (χ4v) is 2.52. The molecule has 128 valence electrons. The van der Waals surface area contributed by atoms with E-state index in [1.54, 1.807) is 0 Å². The molecule has 1 aliphatic rings. The predicted octanol–water partition coefficient (Wildman–Crippen LogP) is 3.34. The fraction of sp³-hybridized carbons (Fsp3) is 0.312. The minimum Gasteiger partial charge on any atom is -0.444 e. The van der Waals surface area contributed by atoms with Crippen LogP contribution in [0, 0.1) is 0 Å². The Hall–Kier alpha value is -2.64. The highest BCUT2D eigenvalue weighted by Crippen LogP contribution is 2.48. The molecule has 1 atom stereocenters. The van der Waals surface area contributed by atoms with E-state index in [9.17, 15) is 22.8 Å². The standard InChI is InChI=1S/C16H14F3NO4/c1-9(20-24-11(3)22)15(23-10(2)21)8-14(16(17,18)19)12-6-4-5-7-13(12)15/h4-8H,1-3H3/b20-9+. The Kier molecular flexibility index (Phi) is 4.50. The first-order chi connectivity index (χ1) is 11.1. The van der Waals surface area contributed by atoms with Gasteiger partial charge in [-0.1, -0.05) is 29.4 Å². The number of esters is 1. The summed E-state index contributed by atoms with van der Waals surface area (Å²) in [5.74, 6) is -1.56. The van der Waals surface area contributed by atoms with Crippen LogP contribution in [0.15, 0.2) is 35.5 Å². The van der Waals surface area contributed by atoms with Gasteiger partial charge in [-0.15, -0.1) is 0 Å². The molecule has 0 spiro atoms. The zero-order valence-corrected chi connectivity index (χ0v) is 13.1. The number of hydrogen-bond donors (Lipinski definition) is 0. The minimum absolute atomic E-state index is 0.0981. The fourth-order valence-electron chi connectivity index (χ4n) is 2.52. The molecule has 1 aliphatic carbocycles. The first-order valence-electron chi connectivity index (χ1n) is 6.90. The number of hydrogen-bond acceptors (Lipinski definition) is 5. The number of rotatable bonds is 3. The van der Waals surface area contributed by atoms with Crippen LogP contribution in [-0.4, -0.2) is 23.8 Å². The maximum absolute atomic E-state index is 13.4. The van der Waals surface area contributed by atoms with E-state index in [4.69, 9.17) is 4.74 Å². The lowest BCUT2D eigenvalue weighted by Gasteiger charge is -2.27. The van der Waals surface area contributed by atoms with Crippen molar-refractivity contribution in [1.29, 1.82) is 0 Å². The maximum Gasteiger partial charge on any atom is 0.416 e. The molecule has 8 heteroatoms. The Labute approximate surface area is 135 Å². The molecule has 0 heterocycles. The van der Waals surface area contributed by atoms with Crippen LogP contribution in [0.2, 0.25) is 0 Å². The summed E-state index contributed by atoms with van der Waals surface area (Å²) in [4.78, 5) is 27.0. The number of ether oxygens (including phenoxy) is 1. The van der Waals surface area contributed by atoms with Crippen molar-refractivity contribution in [3.8, 4) is 0 Å². The molecule has 0 aliphatic heterocycles. The van der Waals surface area contributed by atoms with Gasteiger partial charge in [0, 0.05) is 19.4 Å². The van der Waals surface area contributed by atoms with Gasteiger partial charge in [-0.25, -0.2) is 4.79 Å². The first kappa shape index (κ1) is 17.7. The van der Waals surface area contributed by atoms with E-state index >= 15 is 0 Å². The number of nitrogens with zero attached hydrogens (tertiary/aromatic N) is 1. The number of fused-ring (bicyclic) bond motifs is 1. The second-order valence-corrected chi connectivity index (χ2v) is 5.19. The predicted molar refractivity (Wildman–Crippen MR) is 78.8 cm³/mol. The van der Waals surface area contributed by atoms with E-state index in [0.29, 0.717) is 0 Å². The molecule has 0 amide bonds. The molecule has 0 aromatic heterocycles. The molecule has 1 unspecified atom stereocenters. The van der Waals surface area contributed by atoms with E-state index in [0.717, 1.165) is 19.9 Å². The monoisotopic (exact) mass is 341 g/mol. The zero-order chi connectivity index (χ0) is 18.1. The van der Waals surface area contributed by atoms with Crippen LogP contribution in [0.25, 0.3) is 5.57 Å². The zero-order valence-electron chi connectivity index (χ0n) is 13.1. The molecule has 24 heavy (non-hydrogen) atoms. The average molecular weight is 341 g/mol. The van der Waals surface area contributed by atoms with Crippen molar-refractivity contribution in [2.75, 3.05) is 0 Å². The summed E-state index contributed by atoms with van der Waals surface area (Å²) in [6, 6.07) is 5.64. The van der Waals surface area contributed by atoms with Crippen LogP contribution in [0.4, 0.5) is 13.2 Å². The van der Waals surface area contributed by atoms with E-state index in [-0.39, 0.29) is 16.8 Å². The van der Waals surface area contributed by atoms with Crippen molar-refractivity contribution in [2.24, 2.45) is 5.16 Å². The van der Waals surface area contributed by atoms with Gasteiger partial charge in [0.25, 0.3) is 0 Å². The number of benzene rings is 1. The van der Waals surface area contributed by atoms with Gasteiger partial charge < -0.3 is 9.57 Å². The van der Waals surface area contributed by atoms with Gasteiger partial charge in [0.1, 0.15) is 5.71 Å². The molecule has 0 bridgehead atoms. The second-order valence-electron chi connectivity index (χ2n) is 5.19. The van der Waals surface area contributed by atoms with Crippen LogP contribution in [0.5, 0.6) is 0 Å². The van der Waals surface area contributed by atoms with Crippen LogP contribution in [0.1, 0.15) is 31.9 Å². The van der Waals surface area contributed by atoms with Crippen molar-refractivity contribution in [1.82, 2.24) is 0 Å². The number of oxime groups is 1. The molecule has 1 aromatic rings. The lowest BCUT2D eigenvalue weighted by molar-refractivity contribution is -0.148. The Morgan fingerprint density at radius 2 is 1.71 bits per heavy atom. The topological polar surface area (TPSA) is 65.0 Å². The molecule has 0 radical (unpaired) electrons. The molecule has 2 rings (SSSR count). The summed E-state index contributed by atoms with van der Waals surface area (Å²) in [6.45, 7) is 3.48. The Balaban J connectivity index is 2.71. The van der Waals surface area contributed by atoms with Crippen LogP contribution < -0.4 is 0 Å². The Bertz CT molecular complexity index is 752. The summed E-state index contributed by atoms with van der Waals surface area (Å²) in [6.07, 6.45) is -3.87. The molecular weight excluding hydrogens is 327 g/mol. The van der Waals surface area contributed by atoms with Gasteiger partial charge >= 0.3 is 18.1 Å². The van der Waals surface area contributed by atoms with Crippen molar-refractivity contribution < 1.29 is 32.3 Å². The Morgan fingerprint density at radius 1 is 1.08 bits per heavy atom. The molecule has 0 fully saturated rings. The van der Waals surface area contributed by atoms with Crippen molar-refractivity contribution in [2.45, 2.75) is 32.5 Å². The largest absolute Gasteiger partial charge is 0.444 e. The number of allylic oxidation sites excluding steroid dienone is 1. The molecule has 5 nitrogen and oxygen atoms in total. The van der Waals surface area contributed by atoms with Crippen molar-refractivity contribution in [3.63, 3.8) is 0 Å². The lowest BCUT2D eigenvalue weighted by Crippen LogP contribution is -2.36. The van der Waals surface area contributed by atoms with Crippen LogP contribution in [0.3, 0.4) is 0 Å². The summed E-state index contributed by atoms with van der Waals surface area (Å²) >= 11 is 0. The summed E-state index contributed by atoms with van der Waals surface area (Å²) < 4.78 is 45.3. The average Bonchev–Trinajstić information content (AvgIpc) is 2.80. The van der Waals surface area contributed by atoms with Gasteiger partial charge in [0.15, 0.2) is 5.60 Å². The number of halogens is 3. The van der Waals surface area contributed by atoms with Gasteiger partial charge in [0.2, 0.25) is 0 Å². The quantitative estimate of drug-likeness (QED) is 0.366. The highest BCUT2D eigenvalue weighted by Gasteiger charge is 2.50. The summed E-state index contributed by atoms with van der Waals surface area (Å²) in [5, 5.41) is 3.52. The number of alkyl halides is 3. The minimum atomic E-state index is -4.65. The van der Waals surface area contributed by atoms with Crippen LogP contribution >= 0.6 is 0 Å². The summed E-state index contributed by atoms with van der Waals surface area (Å²) in [7, 11) is 0. The van der Waals surface area contributed by atoms with Gasteiger partial charge in [-0.05, 0) is 18.6 Å². The smallest absolute Gasteiger partial charge is 0.416 e. The first-order valence-corrected chi connectivity index (χ1v) is 6.90. The number of carbonyl (C=O) groups is 2. The van der Waals surface area contributed by atoms with Crippen molar-refractivity contribution in [3.05, 3.63) is 41.5 Å².